The van der Waals surface area contributed by atoms with Gasteiger partial charge in [0.1, 0.15) is 0 Å². The van der Waals surface area contributed by atoms with Gasteiger partial charge >= 0.3 is 0 Å². The van der Waals surface area contributed by atoms with Crippen molar-refractivity contribution in [3.63, 3.8) is 0 Å². The maximum Gasteiger partial charge on any atom is 0.0491 e. The van der Waals surface area contributed by atoms with E-state index in [1.807, 2.05) is 48.5 Å². The van der Waals surface area contributed by atoms with E-state index in [0.29, 0.717) is 0 Å². The van der Waals surface area contributed by atoms with Crippen LogP contribution in [0.4, 0.5) is 0 Å². The van der Waals surface area contributed by atoms with Gasteiger partial charge in [-0.05, 0) is 35.4 Å². The van der Waals surface area contributed by atoms with Crippen molar-refractivity contribution >= 4 is 31.9 Å². The summed E-state index contributed by atoms with van der Waals surface area (Å²) in [6.07, 6.45) is 0. The van der Waals surface area contributed by atoms with Crippen molar-refractivity contribution in [1.29, 1.82) is 0 Å². The van der Waals surface area contributed by atoms with Gasteiger partial charge in [-0.3, -0.25) is 0 Å². The molecule has 0 saturated heterocycles. The number of rotatable bonds is 3. The molecule has 4 heteroatoms. The highest BCUT2D eigenvalue weighted by molar-refractivity contribution is 9.10. The van der Waals surface area contributed by atoms with Gasteiger partial charge in [0.2, 0.25) is 0 Å². The predicted molar refractivity (Wildman–Crippen MR) is 82.1 cm³/mol. The number of benzene rings is 2. The second kappa shape index (κ2) is 5.97. The first-order valence-electron chi connectivity index (χ1n) is 5.60. The maximum absolute atomic E-state index is 6.21. The normalized spacial score (nSPS) is 14.2. The van der Waals surface area contributed by atoms with E-state index >= 15 is 0 Å². The molecule has 2 atom stereocenters. The Labute approximate surface area is 124 Å². The minimum Gasteiger partial charge on any atom is -0.322 e. The third kappa shape index (κ3) is 3.20. The summed E-state index contributed by atoms with van der Waals surface area (Å²) in [6, 6.07) is 15.5. The first kappa shape index (κ1) is 13.7. The van der Waals surface area contributed by atoms with Crippen molar-refractivity contribution in [3.05, 3.63) is 68.6 Å². The summed E-state index contributed by atoms with van der Waals surface area (Å²) in [5.74, 6) is 0. The number of nitrogens with two attached hydrogens (primary N) is 2. The SMILES string of the molecule is N[C@H](c1ccc(Br)cc1)[C@H](N)c1ccc(Br)cc1. The molecule has 94 valence electrons. The smallest absolute Gasteiger partial charge is 0.0491 e. The van der Waals surface area contributed by atoms with Crippen LogP contribution in [0.15, 0.2) is 57.5 Å². The molecule has 0 aromatic heterocycles. The van der Waals surface area contributed by atoms with Crippen LogP contribution in [-0.4, -0.2) is 0 Å². The minimum atomic E-state index is -0.209. The molecule has 2 nitrogen and oxygen atoms in total. The second-order valence-electron chi connectivity index (χ2n) is 4.15. The lowest BCUT2D eigenvalue weighted by molar-refractivity contribution is 0.574. The van der Waals surface area contributed by atoms with Crippen LogP contribution in [0.3, 0.4) is 0 Å². The summed E-state index contributed by atoms with van der Waals surface area (Å²) < 4.78 is 2.08. The third-order valence-electron chi connectivity index (χ3n) is 2.90. The first-order valence-corrected chi connectivity index (χ1v) is 7.18. The lowest BCUT2D eigenvalue weighted by Crippen LogP contribution is -2.26. The molecule has 2 aromatic carbocycles. The molecule has 4 N–H and O–H groups in total. The van der Waals surface area contributed by atoms with E-state index in [9.17, 15) is 0 Å². The van der Waals surface area contributed by atoms with E-state index in [-0.39, 0.29) is 12.1 Å². The maximum atomic E-state index is 6.21. The van der Waals surface area contributed by atoms with Crippen molar-refractivity contribution < 1.29 is 0 Å². The Morgan fingerprint density at radius 1 is 0.611 bits per heavy atom. The van der Waals surface area contributed by atoms with Crippen LogP contribution in [-0.2, 0) is 0 Å². The summed E-state index contributed by atoms with van der Waals surface area (Å²) >= 11 is 6.81. The van der Waals surface area contributed by atoms with Crippen molar-refractivity contribution in [2.45, 2.75) is 12.1 Å². The van der Waals surface area contributed by atoms with E-state index in [4.69, 9.17) is 11.5 Å². The van der Waals surface area contributed by atoms with Crippen LogP contribution in [0.25, 0.3) is 0 Å². The van der Waals surface area contributed by atoms with Crippen LogP contribution in [0.2, 0.25) is 0 Å². The molecule has 0 aliphatic heterocycles. The van der Waals surface area contributed by atoms with Crippen molar-refractivity contribution in [3.8, 4) is 0 Å². The zero-order chi connectivity index (χ0) is 13.1. The molecule has 0 saturated carbocycles. The van der Waals surface area contributed by atoms with Gasteiger partial charge in [0.05, 0.1) is 0 Å². The average Bonchev–Trinajstić information content (AvgIpc) is 2.39. The Kier molecular flexibility index (Phi) is 4.56. The standard InChI is InChI=1S/C14H14Br2N2/c15-11-5-1-9(2-6-11)13(17)14(18)10-3-7-12(16)8-4-10/h1-8,13-14H,17-18H2/t13-,14-/m1/s1. The Hall–Kier alpha value is -0.680. The van der Waals surface area contributed by atoms with E-state index in [0.717, 1.165) is 20.1 Å². The van der Waals surface area contributed by atoms with Gasteiger partial charge in [0.25, 0.3) is 0 Å². The largest absolute Gasteiger partial charge is 0.322 e. The number of halogens is 2. The van der Waals surface area contributed by atoms with E-state index in [1.165, 1.54) is 0 Å². The lowest BCUT2D eigenvalue weighted by Gasteiger charge is -2.20. The zero-order valence-corrected chi connectivity index (χ0v) is 12.9. The van der Waals surface area contributed by atoms with Gasteiger partial charge in [0, 0.05) is 21.0 Å². The fourth-order valence-corrected chi connectivity index (χ4v) is 2.31. The van der Waals surface area contributed by atoms with Gasteiger partial charge < -0.3 is 11.5 Å². The molecule has 2 rings (SSSR count). The average molecular weight is 370 g/mol. The fourth-order valence-electron chi connectivity index (χ4n) is 1.78. The summed E-state index contributed by atoms with van der Waals surface area (Å²) in [4.78, 5) is 0. The molecule has 0 unspecified atom stereocenters. The van der Waals surface area contributed by atoms with Gasteiger partial charge in [-0.2, -0.15) is 0 Å². The number of hydrogen-bond donors (Lipinski definition) is 2. The van der Waals surface area contributed by atoms with Crippen LogP contribution < -0.4 is 11.5 Å². The van der Waals surface area contributed by atoms with Gasteiger partial charge in [-0.1, -0.05) is 56.1 Å². The Morgan fingerprint density at radius 2 is 0.889 bits per heavy atom. The zero-order valence-electron chi connectivity index (χ0n) is 9.68. The summed E-state index contributed by atoms with van der Waals surface area (Å²) in [5.41, 5.74) is 14.5. The Morgan fingerprint density at radius 3 is 1.17 bits per heavy atom. The molecule has 18 heavy (non-hydrogen) atoms. The molecule has 0 amide bonds. The van der Waals surface area contributed by atoms with Gasteiger partial charge in [0.15, 0.2) is 0 Å². The van der Waals surface area contributed by atoms with E-state index < -0.39 is 0 Å². The molecular formula is C14H14Br2N2. The Bertz CT molecular complexity index is 459. The lowest BCUT2D eigenvalue weighted by atomic mass is 9.95. The number of hydrogen-bond acceptors (Lipinski definition) is 2. The molecule has 0 aliphatic carbocycles. The monoisotopic (exact) mass is 368 g/mol. The summed E-state index contributed by atoms with van der Waals surface area (Å²) in [6.45, 7) is 0. The fraction of sp³-hybridized carbons (Fsp3) is 0.143. The second-order valence-corrected chi connectivity index (χ2v) is 5.99. The highest BCUT2D eigenvalue weighted by atomic mass is 79.9. The van der Waals surface area contributed by atoms with E-state index in [1.54, 1.807) is 0 Å². The van der Waals surface area contributed by atoms with Crippen molar-refractivity contribution in [2.75, 3.05) is 0 Å². The Balaban J connectivity index is 2.20. The molecule has 0 bridgehead atoms. The predicted octanol–water partition coefficient (Wildman–Crippen LogP) is 3.91. The highest BCUT2D eigenvalue weighted by Crippen LogP contribution is 2.26. The first-order chi connectivity index (χ1) is 8.58. The summed E-state index contributed by atoms with van der Waals surface area (Å²) in [5, 5.41) is 0. The molecule has 0 aliphatic rings. The van der Waals surface area contributed by atoms with Crippen LogP contribution in [0, 0.1) is 0 Å². The van der Waals surface area contributed by atoms with Gasteiger partial charge in [-0.15, -0.1) is 0 Å². The van der Waals surface area contributed by atoms with Crippen LogP contribution >= 0.6 is 31.9 Å². The molecule has 0 fully saturated rings. The third-order valence-corrected chi connectivity index (χ3v) is 3.95. The van der Waals surface area contributed by atoms with Gasteiger partial charge in [-0.25, -0.2) is 0 Å². The van der Waals surface area contributed by atoms with Crippen molar-refractivity contribution in [1.82, 2.24) is 0 Å². The highest BCUT2D eigenvalue weighted by Gasteiger charge is 2.17. The minimum absolute atomic E-state index is 0.209. The van der Waals surface area contributed by atoms with E-state index in [2.05, 4.69) is 31.9 Å². The molecule has 0 radical (unpaired) electrons. The van der Waals surface area contributed by atoms with Crippen LogP contribution in [0.1, 0.15) is 23.2 Å². The summed E-state index contributed by atoms with van der Waals surface area (Å²) in [7, 11) is 0. The molecule has 0 heterocycles. The van der Waals surface area contributed by atoms with Crippen molar-refractivity contribution in [2.24, 2.45) is 11.5 Å². The quantitative estimate of drug-likeness (QED) is 0.861. The molecule has 2 aromatic rings. The molecule has 0 spiro atoms. The molecular weight excluding hydrogens is 356 g/mol. The van der Waals surface area contributed by atoms with Crippen LogP contribution in [0.5, 0.6) is 0 Å². The topological polar surface area (TPSA) is 52.0 Å².